The second-order valence-corrected chi connectivity index (χ2v) is 7.78. The van der Waals surface area contributed by atoms with Crippen LogP contribution in [0.4, 0.5) is 0 Å². The highest BCUT2D eigenvalue weighted by atomic mass is 16.5. The Balaban J connectivity index is 1.55. The average Bonchev–Trinajstić information content (AvgIpc) is 2.68. The van der Waals surface area contributed by atoms with E-state index in [2.05, 4.69) is 4.98 Å². The Hall–Kier alpha value is -2.42. The van der Waals surface area contributed by atoms with Crippen molar-refractivity contribution in [3.05, 3.63) is 33.1 Å². The number of aromatic nitrogens is 2. The van der Waals surface area contributed by atoms with Gasteiger partial charge in [0.15, 0.2) is 0 Å². The molecule has 1 aromatic heterocycles. The molecule has 1 aromatic rings. The Morgan fingerprint density at radius 1 is 1.21 bits per heavy atom. The Morgan fingerprint density at radius 2 is 1.96 bits per heavy atom. The van der Waals surface area contributed by atoms with Gasteiger partial charge in [-0.05, 0) is 31.1 Å². The van der Waals surface area contributed by atoms with Gasteiger partial charge in [-0.15, -0.1) is 0 Å². The van der Waals surface area contributed by atoms with Gasteiger partial charge in [-0.3, -0.25) is 23.9 Å². The summed E-state index contributed by atoms with van der Waals surface area (Å²) in [5.74, 6) is 0.0746. The third-order valence-corrected chi connectivity index (χ3v) is 5.90. The third-order valence-electron chi connectivity index (χ3n) is 5.90. The quantitative estimate of drug-likeness (QED) is 0.676. The summed E-state index contributed by atoms with van der Waals surface area (Å²) in [6, 6.07) is 1.23. The molecule has 0 aliphatic carbocycles. The Bertz CT molecular complexity index is 822. The molecule has 2 aliphatic rings. The number of aromatic amines is 1. The summed E-state index contributed by atoms with van der Waals surface area (Å²) in [5.41, 5.74) is -0.977. The number of ether oxygens (including phenoxy) is 1. The van der Waals surface area contributed by atoms with E-state index in [1.165, 1.54) is 16.8 Å². The smallest absolute Gasteiger partial charge is 0.328 e. The van der Waals surface area contributed by atoms with Crippen molar-refractivity contribution in [1.29, 1.82) is 0 Å². The molecule has 0 aromatic carbocycles. The van der Waals surface area contributed by atoms with E-state index in [0.717, 1.165) is 32.2 Å². The first-order valence-electron chi connectivity index (χ1n) is 9.77. The van der Waals surface area contributed by atoms with Crippen LogP contribution < -0.4 is 11.2 Å². The summed E-state index contributed by atoms with van der Waals surface area (Å²) in [4.78, 5) is 53.5. The molecule has 9 nitrogen and oxygen atoms in total. The van der Waals surface area contributed by atoms with E-state index >= 15 is 0 Å². The molecule has 1 N–H and O–H groups in total. The zero-order valence-corrected chi connectivity index (χ0v) is 16.3. The first-order chi connectivity index (χ1) is 13.4. The number of methoxy groups -OCH3 is 1. The molecule has 2 saturated heterocycles. The van der Waals surface area contributed by atoms with Gasteiger partial charge in [-0.1, -0.05) is 0 Å². The van der Waals surface area contributed by atoms with Crippen LogP contribution in [0.1, 0.15) is 32.1 Å². The van der Waals surface area contributed by atoms with Crippen molar-refractivity contribution in [3.8, 4) is 0 Å². The van der Waals surface area contributed by atoms with Crippen LogP contribution in [0.2, 0.25) is 0 Å². The molecule has 0 bridgehead atoms. The number of rotatable bonds is 6. The predicted molar refractivity (Wildman–Crippen MR) is 102 cm³/mol. The standard InChI is InChI=1S/C19H28N4O5/c1-28-12-2-8-23-14-19(5-3-16(23)25)6-10-21(11-7-19)17(26)13-22-9-4-15(24)20-18(22)27/h4,9H,2-3,5-8,10-14H2,1H3,(H,20,24,27). The molecule has 154 valence electrons. The highest BCUT2D eigenvalue weighted by Crippen LogP contribution is 2.40. The maximum Gasteiger partial charge on any atom is 0.328 e. The van der Waals surface area contributed by atoms with Crippen molar-refractivity contribution in [2.75, 3.05) is 39.9 Å². The summed E-state index contributed by atoms with van der Waals surface area (Å²) in [6.07, 6.45) is 5.31. The van der Waals surface area contributed by atoms with Gasteiger partial charge in [0.05, 0.1) is 0 Å². The van der Waals surface area contributed by atoms with E-state index in [4.69, 9.17) is 4.74 Å². The summed E-state index contributed by atoms with van der Waals surface area (Å²) >= 11 is 0. The van der Waals surface area contributed by atoms with Gasteiger partial charge >= 0.3 is 5.69 Å². The van der Waals surface area contributed by atoms with Gasteiger partial charge in [0.25, 0.3) is 5.56 Å². The molecule has 0 unspecified atom stereocenters. The molecule has 0 atom stereocenters. The number of nitrogens with zero attached hydrogens (tertiary/aromatic N) is 3. The number of hydrogen-bond donors (Lipinski definition) is 1. The first kappa shape index (κ1) is 20.3. The molecule has 3 rings (SSSR count). The highest BCUT2D eigenvalue weighted by molar-refractivity contribution is 5.77. The van der Waals surface area contributed by atoms with Crippen molar-refractivity contribution < 1.29 is 14.3 Å². The number of hydrogen-bond acceptors (Lipinski definition) is 5. The molecule has 28 heavy (non-hydrogen) atoms. The van der Waals surface area contributed by atoms with Crippen LogP contribution in [0.25, 0.3) is 0 Å². The van der Waals surface area contributed by atoms with E-state index in [1.54, 1.807) is 12.0 Å². The lowest BCUT2D eigenvalue weighted by Crippen LogP contribution is -2.53. The van der Waals surface area contributed by atoms with Crippen LogP contribution in [0, 0.1) is 5.41 Å². The van der Waals surface area contributed by atoms with Crippen LogP contribution in [0.5, 0.6) is 0 Å². The monoisotopic (exact) mass is 392 g/mol. The lowest BCUT2D eigenvalue weighted by Gasteiger charge is -2.47. The molecule has 3 heterocycles. The molecular weight excluding hydrogens is 364 g/mol. The van der Waals surface area contributed by atoms with E-state index in [0.29, 0.717) is 32.7 Å². The van der Waals surface area contributed by atoms with Crippen molar-refractivity contribution in [2.45, 2.75) is 38.6 Å². The van der Waals surface area contributed by atoms with Crippen LogP contribution in [0.3, 0.4) is 0 Å². The zero-order chi connectivity index (χ0) is 20.1. The van der Waals surface area contributed by atoms with Gasteiger partial charge in [-0.2, -0.15) is 0 Å². The Kier molecular flexibility index (Phi) is 6.33. The van der Waals surface area contributed by atoms with E-state index in [1.807, 2.05) is 4.90 Å². The number of nitrogens with one attached hydrogen (secondary N) is 1. The fourth-order valence-corrected chi connectivity index (χ4v) is 4.16. The van der Waals surface area contributed by atoms with E-state index in [-0.39, 0.29) is 23.8 Å². The predicted octanol–water partition coefficient (Wildman–Crippen LogP) is -0.196. The van der Waals surface area contributed by atoms with Gasteiger partial charge in [-0.25, -0.2) is 4.79 Å². The van der Waals surface area contributed by atoms with Crippen LogP contribution >= 0.6 is 0 Å². The SMILES string of the molecule is COCCCN1CC2(CCC1=O)CCN(C(=O)Cn1ccc(=O)[nH]c1=O)CC2. The van der Waals surface area contributed by atoms with Crippen molar-refractivity contribution in [3.63, 3.8) is 0 Å². The first-order valence-corrected chi connectivity index (χ1v) is 9.77. The van der Waals surface area contributed by atoms with E-state index < -0.39 is 11.2 Å². The second-order valence-electron chi connectivity index (χ2n) is 7.78. The van der Waals surface area contributed by atoms with E-state index in [9.17, 15) is 19.2 Å². The summed E-state index contributed by atoms with van der Waals surface area (Å²) in [7, 11) is 1.66. The van der Waals surface area contributed by atoms with Crippen molar-refractivity contribution >= 4 is 11.8 Å². The topological polar surface area (TPSA) is 105 Å². The molecular formula is C19H28N4O5. The van der Waals surface area contributed by atoms with Crippen LogP contribution in [0.15, 0.2) is 21.9 Å². The van der Waals surface area contributed by atoms with Crippen LogP contribution in [-0.2, 0) is 20.9 Å². The number of likely N-dealkylation sites (tertiary alicyclic amines) is 2. The minimum Gasteiger partial charge on any atom is -0.385 e. The summed E-state index contributed by atoms with van der Waals surface area (Å²) in [6.45, 7) is 3.27. The van der Waals surface area contributed by atoms with Crippen LogP contribution in [-0.4, -0.2) is 71.1 Å². The maximum atomic E-state index is 12.6. The number of H-pyrrole nitrogens is 1. The second kappa shape index (κ2) is 8.72. The minimum absolute atomic E-state index is 0.0760. The number of amides is 2. The number of piperidine rings is 2. The molecule has 2 amide bonds. The van der Waals surface area contributed by atoms with Gasteiger partial charge in [0.2, 0.25) is 11.8 Å². The van der Waals surface area contributed by atoms with Gasteiger partial charge in [0.1, 0.15) is 6.54 Å². The van der Waals surface area contributed by atoms with Gasteiger partial charge in [0, 0.05) is 58.6 Å². The molecule has 9 heteroatoms. The number of carbonyl (C=O) groups is 2. The van der Waals surface area contributed by atoms with Crippen molar-refractivity contribution in [2.24, 2.45) is 5.41 Å². The molecule has 0 saturated carbocycles. The largest absolute Gasteiger partial charge is 0.385 e. The molecule has 2 aliphatic heterocycles. The maximum absolute atomic E-state index is 12.6. The summed E-state index contributed by atoms with van der Waals surface area (Å²) in [5, 5.41) is 0. The normalized spacial score (nSPS) is 19.2. The highest BCUT2D eigenvalue weighted by Gasteiger charge is 2.41. The third kappa shape index (κ3) is 4.70. The van der Waals surface area contributed by atoms with Gasteiger partial charge < -0.3 is 14.5 Å². The molecule has 0 radical (unpaired) electrons. The molecule has 1 spiro atoms. The Labute approximate surface area is 163 Å². The average molecular weight is 392 g/mol. The lowest BCUT2D eigenvalue weighted by molar-refractivity contribution is -0.142. The zero-order valence-electron chi connectivity index (χ0n) is 16.3. The number of carbonyl (C=O) groups excluding carboxylic acids is 2. The minimum atomic E-state index is -0.577. The lowest BCUT2D eigenvalue weighted by atomic mass is 9.72. The fourth-order valence-electron chi connectivity index (χ4n) is 4.16. The molecule has 2 fully saturated rings. The Morgan fingerprint density at radius 3 is 2.64 bits per heavy atom. The fraction of sp³-hybridized carbons (Fsp3) is 0.684. The summed E-state index contributed by atoms with van der Waals surface area (Å²) < 4.78 is 6.30. The van der Waals surface area contributed by atoms with Crippen molar-refractivity contribution in [1.82, 2.24) is 19.4 Å².